The minimum atomic E-state index is 0.310. The molecule has 0 amide bonds. The molecule has 4 nitrogen and oxygen atoms in total. The van der Waals surface area contributed by atoms with E-state index in [1.165, 1.54) is 16.0 Å². The molecule has 0 bridgehead atoms. The first kappa shape index (κ1) is 15.6. The van der Waals surface area contributed by atoms with E-state index in [4.69, 9.17) is 9.47 Å². The number of thiazole rings is 1. The molecule has 0 saturated carbocycles. The molecule has 0 atom stereocenters. The predicted octanol–water partition coefficient (Wildman–Crippen LogP) is 4.59. The number of aromatic nitrogens is 1. The van der Waals surface area contributed by atoms with Crippen molar-refractivity contribution in [3.8, 4) is 21.9 Å². The Balaban J connectivity index is 1.36. The van der Waals surface area contributed by atoms with E-state index in [-0.39, 0.29) is 0 Å². The molecule has 1 aliphatic rings. The van der Waals surface area contributed by atoms with Crippen LogP contribution in [-0.4, -0.2) is 11.8 Å². The second kappa shape index (κ2) is 6.93. The third kappa shape index (κ3) is 3.45. The van der Waals surface area contributed by atoms with Gasteiger partial charge in [0.2, 0.25) is 6.79 Å². The van der Waals surface area contributed by atoms with Gasteiger partial charge < -0.3 is 14.8 Å². The van der Waals surface area contributed by atoms with E-state index in [2.05, 4.69) is 44.4 Å². The molecule has 0 aliphatic carbocycles. The lowest BCUT2D eigenvalue weighted by Crippen LogP contribution is -2.12. The second-order valence-corrected chi connectivity index (χ2v) is 7.45. The van der Waals surface area contributed by atoms with Crippen LogP contribution in [0.15, 0.2) is 53.1 Å². The number of ether oxygens (including phenoxy) is 2. The summed E-state index contributed by atoms with van der Waals surface area (Å²) in [7, 11) is 0. The van der Waals surface area contributed by atoms with Gasteiger partial charge >= 0.3 is 0 Å². The largest absolute Gasteiger partial charge is 0.454 e. The van der Waals surface area contributed by atoms with E-state index < -0.39 is 0 Å². The van der Waals surface area contributed by atoms with Crippen molar-refractivity contribution in [3.05, 3.63) is 63.7 Å². The van der Waals surface area contributed by atoms with E-state index in [0.717, 1.165) is 34.1 Å². The molecule has 0 spiro atoms. The third-order valence-electron chi connectivity index (χ3n) is 3.72. The van der Waals surface area contributed by atoms with Gasteiger partial charge in [-0.1, -0.05) is 34.1 Å². The molecular weight excluding hydrogens is 388 g/mol. The molecule has 1 aromatic heterocycles. The van der Waals surface area contributed by atoms with Crippen molar-refractivity contribution in [2.75, 3.05) is 6.79 Å². The van der Waals surface area contributed by atoms with Crippen LogP contribution < -0.4 is 14.8 Å². The van der Waals surface area contributed by atoms with Crippen LogP contribution in [0, 0.1) is 0 Å². The van der Waals surface area contributed by atoms with Gasteiger partial charge in [-0.25, -0.2) is 4.98 Å². The molecule has 4 rings (SSSR count). The van der Waals surface area contributed by atoms with Gasteiger partial charge in [0.1, 0.15) is 5.01 Å². The predicted molar refractivity (Wildman–Crippen MR) is 98.4 cm³/mol. The van der Waals surface area contributed by atoms with Crippen LogP contribution in [0.5, 0.6) is 11.5 Å². The molecule has 6 heteroatoms. The molecule has 0 saturated heterocycles. The number of hydrogen-bond acceptors (Lipinski definition) is 5. The summed E-state index contributed by atoms with van der Waals surface area (Å²) in [6.07, 6.45) is 1.94. The summed E-state index contributed by atoms with van der Waals surface area (Å²) in [5.41, 5.74) is 2.36. The monoisotopic (exact) mass is 402 g/mol. The molecular formula is C18H15BrN2O2S. The van der Waals surface area contributed by atoms with E-state index in [1.807, 2.05) is 30.5 Å². The molecule has 24 heavy (non-hydrogen) atoms. The van der Waals surface area contributed by atoms with Crippen LogP contribution in [-0.2, 0) is 13.1 Å². The smallest absolute Gasteiger partial charge is 0.231 e. The quantitative estimate of drug-likeness (QED) is 0.677. The Morgan fingerprint density at radius 2 is 1.88 bits per heavy atom. The lowest BCUT2D eigenvalue weighted by molar-refractivity contribution is 0.174. The molecule has 0 fully saturated rings. The van der Waals surface area contributed by atoms with Gasteiger partial charge in [-0.2, -0.15) is 0 Å². The van der Waals surface area contributed by atoms with Crippen molar-refractivity contribution in [1.29, 1.82) is 0 Å². The van der Waals surface area contributed by atoms with Gasteiger partial charge in [-0.3, -0.25) is 0 Å². The maximum atomic E-state index is 5.40. The van der Waals surface area contributed by atoms with E-state index in [0.29, 0.717) is 6.79 Å². The molecule has 2 heterocycles. The minimum absolute atomic E-state index is 0.310. The third-order valence-corrected chi connectivity index (χ3v) is 5.30. The van der Waals surface area contributed by atoms with Crippen molar-refractivity contribution in [1.82, 2.24) is 10.3 Å². The van der Waals surface area contributed by atoms with Crippen molar-refractivity contribution < 1.29 is 9.47 Å². The molecule has 3 aromatic rings. The number of benzene rings is 2. The standard InChI is InChI=1S/C18H15BrN2O2S/c19-14-4-2-13(3-5-14)17-9-21-18(24-17)10-20-8-12-1-6-15-16(7-12)23-11-22-15/h1-7,9,20H,8,10-11H2. The Hall–Kier alpha value is -1.89. The van der Waals surface area contributed by atoms with Crippen LogP contribution >= 0.6 is 27.3 Å². The van der Waals surface area contributed by atoms with E-state index >= 15 is 0 Å². The van der Waals surface area contributed by atoms with Gasteiger partial charge in [0.25, 0.3) is 0 Å². The number of halogens is 1. The number of fused-ring (bicyclic) bond motifs is 1. The lowest BCUT2D eigenvalue weighted by atomic mass is 10.2. The normalized spacial score (nSPS) is 12.5. The second-order valence-electron chi connectivity index (χ2n) is 5.42. The fourth-order valence-corrected chi connectivity index (χ4v) is 3.66. The zero-order valence-electron chi connectivity index (χ0n) is 12.8. The Bertz CT molecular complexity index is 848. The summed E-state index contributed by atoms with van der Waals surface area (Å²) in [6.45, 7) is 1.82. The van der Waals surface area contributed by atoms with Crippen LogP contribution in [0.2, 0.25) is 0 Å². The Morgan fingerprint density at radius 1 is 1.04 bits per heavy atom. The van der Waals surface area contributed by atoms with Gasteiger partial charge in [-0.15, -0.1) is 11.3 Å². The van der Waals surface area contributed by atoms with Gasteiger partial charge in [0.05, 0.1) is 4.88 Å². The first-order valence-corrected chi connectivity index (χ1v) is 9.19. The molecule has 1 N–H and O–H groups in total. The minimum Gasteiger partial charge on any atom is -0.454 e. The maximum absolute atomic E-state index is 5.40. The van der Waals surface area contributed by atoms with Crippen LogP contribution in [0.25, 0.3) is 10.4 Å². The van der Waals surface area contributed by atoms with Crippen molar-refractivity contribution >= 4 is 27.3 Å². The molecule has 2 aromatic carbocycles. The molecule has 122 valence electrons. The van der Waals surface area contributed by atoms with Gasteiger partial charge in [-0.05, 0) is 35.4 Å². The fraction of sp³-hybridized carbons (Fsp3) is 0.167. The summed E-state index contributed by atoms with van der Waals surface area (Å²) < 4.78 is 11.8. The number of hydrogen-bond donors (Lipinski definition) is 1. The fourth-order valence-electron chi connectivity index (χ4n) is 2.50. The van der Waals surface area contributed by atoms with Crippen molar-refractivity contribution in [3.63, 3.8) is 0 Å². The van der Waals surface area contributed by atoms with Gasteiger partial charge in [0.15, 0.2) is 11.5 Å². The van der Waals surface area contributed by atoms with Crippen LogP contribution in [0.3, 0.4) is 0 Å². The van der Waals surface area contributed by atoms with Gasteiger partial charge in [0, 0.05) is 23.8 Å². The molecule has 0 unspecified atom stereocenters. The Morgan fingerprint density at radius 3 is 2.75 bits per heavy atom. The maximum Gasteiger partial charge on any atom is 0.231 e. The van der Waals surface area contributed by atoms with E-state index in [1.54, 1.807) is 11.3 Å². The number of nitrogens with one attached hydrogen (secondary N) is 1. The highest BCUT2D eigenvalue weighted by Gasteiger charge is 2.13. The number of rotatable bonds is 5. The summed E-state index contributed by atoms with van der Waals surface area (Å²) in [4.78, 5) is 5.69. The average molecular weight is 403 g/mol. The summed E-state index contributed by atoms with van der Waals surface area (Å²) in [6, 6.07) is 14.3. The highest BCUT2D eigenvalue weighted by molar-refractivity contribution is 9.10. The zero-order chi connectivity index (χ0) is 16.4. The summed E-state index contributed by atoms with van der Waals surface area (Å²) in [5.74, 6) is 1.64. The van der Waals surface area contributed by atoms with Crippen LogP contribution in [0.1, 0.15) is 10.6 Å². The first-order valence-electron chi connectivity index (χ1n) is 7.58. The highest BCUT2D eigenvalue weighted by atomic mass is 79.9. The van der Waals surface area contributed by atoms with Crippen molar-refractivity contribution in [2.24, 2.45) is 0 Å². The topological polar surface area (TPSA) is 43.4 Å². The molecule has 1 aliphatic heterocycles. The Labute approximate surface area is 152 Å². The lowest BCUT2D eigenvalue weighted by Gasteiger charge is -2.04. The van der Waals surface area contributed by atoms with Crippen LogP contribution in [0.4, 0.5) is 0 Å². The van der Waals surface area contributed by atoms with Crippen molar-refractivity contribution in [2.45, 2.75) is 13.1 Å². The highest BCUT2D eigenvalue weighted by Crippen LogP contribution is 2.32. The summed E-state index contributed by atoms with van der Waals surface area (Å²) >= 11 is 5.17. The number of nitrogens with zero attached hydrogens (tertiary/aromatic N) is 1. The molecule has 0 radical (unpaired) electrons. The zero-order valence-corrected chi connectivity index (χ0v) is 15.2. The van der Waals surface area contributed by atoms with E-state index in [9.17, 15) is 0 Å². The summed E-state index contributed by atoms with van der Waals surface area (Å²) in [5, 5.41) is 4.50. The Kier molecular flexibility index (Phi) is 4.51. The SMILES string of the molecule is Brc1ccc(-c2cnc(CNCc3ccc4c(c3)OCO4)s2)cc1. The average Bonchev–Trinajstić information content (AvgIpc) is 3.24. The first-order chi connectivity index (χ1) is 11.8.